The Morgan fingerprint density at radius 2 is 1.69 bits per heavy atom. The van der Waals surface area contributed by atoms with E-state index in [9.17, 15) is 9.59 Å². The Morgan fingerprint density at radius 3 is 2.42 bits per heavy atom. The van der Waals surface area contributed by atoms with Gasteiger partial charge in [0.15, 0.2) is 16.8 Å². The van der Waals surface area contributed by atoms with Gasteiger partial charge in [-0.25, -0.2) is 0 Å². The Balaban J connectivity index is 1.44. The largest absolute Gasteiger partial charge is 0.497 e. The van der Waals surface area contributed by atoms with Gasteiger partial charge in [-0.2, -0.15) is 0 Å². The summed E-state index contributed by atoms with van der Waals surface area (Å²) < 4.78 is 13.2. The molecule has 0 aliphatic rings. The molecule has 4 rings (SSSR count). The van der Waals surface area contributed by atoms with Crippen molar-refractivity contribution in [2.75, 3.05) is 18.2 Å². The highest BCUT2D eigenvalue weighted by Crippen LogP contribution is 2.23. The van der Waals surface area contributed by atoms with E-state index in [4.69, 9.17) is 9.47 Å². The molecule has 1 heterocycles. The third-order valence-electron chi connectivity index (χ3n) is 5.29. The van der Waals surface area contributed by atoms with Gasteiger partial charge < -0.3 is 14.8 Å². The zero-order valence-electron chi connectivity index (χ0n) is 20.0. The van der Waals surface area contributed by atoms with E-state index in [0.717, 1.165) is 5.56 Å². The number of carbonyl (C=O) groups is 2. The number of Topliss-reactive ketones (excluding diaryl/α,β-unsaturated/α-hetero) is 1. The molecule has 1 N–H and O–H groups in total. The molecule has 0 bridgehead atoms. The molecule has 0 saturated heterocycles. The second-order valence-corrected chi connectivity index (χ2v) is 8.85. The minimum absolute atomic E-state index is 0.0210. The van der Waals surface area contributed by atoms with Gasteiger partial charge in [-0.15, -0.1) is 10.2 Å². The summed E-state index contributed by atoms with van der Waals surface area (Å²) in [5.74, 6) is 1.96. The van der Waals surface area contributed by atoms with E-state index in [0.29, 0.717) is 40.3 Å². The zero-order chi connectivity index (χ0) is 25.3. The Hall–Kier alpha value is -4.11. The topological polar surface area (TPSA) is 95.3 Å². The van der Waals surface area contributed by atoms with Crippen LogP contribution in [0.3, 0.4) is 0 Å². The number of hydrogen-bond acceptors (Lipinski definition) is 7. The third kappa shape index (κ3) is 6.73. The standard InChI is InChI=1S/C27H26N4O4S/c1-19(32)21-11-13-22(14-12-21)28-26(33)18-36-27-30-29-25(31(27)16-20-7-4-3-5-8-20)17-35-24-10-6-9-23(15-24)34-2/h3-15H,16-18H2,1-2H3,(H,28,33). The average Bonchev–Trinajstić information content (AvgIpc) is 3.28. The predicted molar refractivity (Wildman–Crippen MR) is 139 cm³/mol. The lowest BCUT2D eigenvalue weighted by Gasteiger charge is -2.12. The van der Waals surface area contributed by atoms with Gasteiger partial charge >= 0.3 is 0 Å². The monoisotopic (exact) mass is 502 g/mol. The summed E-state index contributed by atoms with van der Waals surface area (Å²) in [6, 6.07) is 24.1. The first-order valence-electron chi connectivity index (χ1n) is 11.3. The molecule has 184 valence electrons. The van der Waals surface area contributed by atoms with Crippen molar-refractivity contribution >= 4 is 29.1 Å². The molecule has 1 aromatic heterocycles. The van der Waals surface area contributed by atoms with Crippen LogP contribution in [0.5, 0.6) is 11.5 Å². The van der Waals surface area contributed by atoms with Crippen molar-refractivity contribution in [3.63, 3.8) is 0 Å². The van der Waals surface area contributed by atoms with E-state index >= 15 is 0 Å². The first-order valence-corrected chi connectivity index (χ1v) is 12.3. The number of ether oxygens (including phenoxy) is 2. The number of rotatable bonds is 11. The van der Waals surface area contributed by atoms with Gasteiger partial charge in [-0.3, -0.25) is 14.2 Å². The second-order valence-electron chi connectivity index (χ2n) is 7.91. The number of amides is 1. The molecule has 36 heavy (non-hydrogen) atoms. The molecule has 8 nitrogen and oxygen atoms in total. The van der Waals surface area contributed by atoms with Crippen LogP contribution in [0.2, 0.25) is 0 Å². The Morgan fingerprint density at radius 1 is 0.944 bits per heavy atom. The van der Waals surface area contributed by atoms with Crippen LogP contribution < -0.4 is 14.8 Å². The van der Waals surface area contributed by atoms with Crippen LogP contribution in [-0.4, -0.2) is 39.3 Å². The van der Waals surface area contributed by atoms with Crippen molar-refractivity contribution in [2.24, 2.45) is 0 Å². The highest BCUT2D eigenvalue weighted by atomic mass is 32.2. The molecule has 3 aromatic carbocycles. The summed E-state index contributed by atoms with van der Waals surface area (Å²) in [6.07, 6.45) is 0. The van der Waals surface area contributed by atoms with Crippen LogP contribution in [-0.2, 0) is 17.9 Å². The number of hydrogen-bond donors (Lipinski definition) is 1. The third-order valence-corrected chi connectivity index (χ3v) is 6.26. The number of anilines is 1. The maximum absolute atomic E-state index is 12.6. The average molecular weight is 503 g/mol. The normalized spacial score (nSPS) is 10.6. The van der Waals surface area contributed by atoms with Crippen molar-refractivity contribution in [2.45, 2.75) is 25.2 Å². The SMILES string of the molecule is COc1cccc(OCc2nnc(SCC(=O)Nc3ccc(C(C)=O)cc3)n2Cc2ccccc2)c1. The molecule has 0 atom stereocenters. The van der Waals surface area contributed by atoms with Crippen molar-refractivity contribution in [3.8, 4) is 11.5 Å². The molecule has 9 heteroatoms. The Labute approximate surface area is 213 Å². The van der Waals surface area contributed by atoms with Crippen molar-refractivity contribution in [1.82, 2.24) is 14.8 Å². The smallest absolute Gasteiger partial charge is 0.234 e. The van der Waals surface area contributed by atoms with Crippen molar-refractivity contribution < 1.29 is 19.1 Å². The lowest BCUT2D eigenvalue weighted by Crippen LogP contribution is -2.15. The summed E-state index contributed by atoms with van der Waals surface area (Å²) in [5, 5.41) is 12.1. The number of benzene rings is 3. The van der Waals surface area contributed by atoms with Crippen LogP contribution in [0.15, 0.2) is 84.0 Å². The molecule has 0 unspecified atom stereocenters. The van der Waals surface area contributed by atoms with Crippen LogP contribution in [0.4, 0.5) is 5.69 Å². The molecule has 0 aliphatic carbocycles. The van der Waals surface area contributed by atoms with Gasteiger partial charge in [0.1, 0.15) is 18.1 Å². The van der Waals surface area contributed by atoms with Gasteiger partial charge in [0.2, 0.25) is 5.91 Å². The lowest BCUT2D eigenvalue weighted by molar-refractivity contribution is -0.113. The first kappa shape index (κ1) is 25.0. The predicted octanol–water partition coefficient (Wildman–Crippen LogP) is 4.85. The Bertz CT molecular complexity index is 1320. The molecular formula is C27H26N4O4S. The molecular weight excluding hydrogens is 476 g/mol. The van der Waals surface area contributed by atoms with Gasteiger partial charge in [-0.05, 0) is 48.9 Å². The lowest BCUT2D eigenvalue weighted by atomic mass is 10.1. The number of carbonyl (C=O) groups excluding carboxylic acids is 2. The molecule has 1 amide bonds. The highest BCUT2D eigenvalue weighted by Gasteiger charge is 2.16. The number of nitrogens with one attached hydrogen (secondary N) is 1. The van der Waals surface area contributed by atoms with Gasteiger partial charge in [-0.1, -0.05) is 48.2 Å². The molecule has 0 spiro atoms. The van der Waals surface area contributed by atoms with Crippen molar-refractivity contribution in [1.29, 1.82) is 0 Å². The number of thioether (sulfide) groups is 1. The van der Waals surface area contributed by atoms with Gasteiger partial charge in [0, 0.05) is 17.3 Å². The van der Waals surface area contributed by atoms with Crippen molar-refractivity contribution in [3.05, 3.63) is 95.8 Å². The van der Waals surface area contributed by atoms with Crippen LogP contribution >= 0.6 is 11.8 Å². The summed E-state index contributed by atoms with van der Waals surface area (Å²) in [6.45, 7) is 2.26. The zero-order valence-corrected chi connectivity index (χ0v) is 20.8. The number of aromatic nitrogens is 3. The molecule has 0 saturated carbocycles. The highest BCUT2D eigenvalue weighted by molar-refractivity contribution is 7.99. The van der Waals surface area contributed by atoms with E-state index in [2.05, 4.69) is 15.5 Å². The fourth-order valence-electron chi connectivity index (χ4n) is 3.41. The summed E-state index contributed by atoms with van der Waals surface area (Å²) in [4.78, 5) is 24.0. The van der Waals surface area contributed by atoms with Gasteiger partial charge in [0.25, 0.3) is 0 Å². The summed E-state index contributed by atoms with van der Waals surface area (Å²) >= 11 is 1.30. The van der Waals surface area contributed by atoms with Crippen LogP contribution in [0, 0.1) is 0 Å². The number of nitrogens with zero attached hydrogens (tertiary/aromatic N) is 3. The maximum Gasteiger partial charge on any atom is 0.234 e. The summed E-state index contributed by atoms with van der Waals surface area (Å²) in [5.41, 5.74) is 2.31. The fraction of sp³-hybridized carbons (Fsp3) is 0.185. The maximum atomic E-state index is 12.6. The second kappa shape index (κ2) is 12.0. The number of ketones is 1. The van der Waals surface area contributed by atoms with E-state index in [1.807, 2.05) is 53.1 Å². The quantitative estimate of drug-likeness (QED) is 0.231. The summed E-state index contributed by atoms with van der Waals surface area (Å²) in [7, 11) is 1.61. The molecule has 0 radical (unpaired) electrons. The van der Waals surface area contributed by atoms with E-state index in [1.54, 1.807) is 37.4 Å². The first-order chi connectivity index (χ1) is 17.5. The number of methoxy groups -OCH3 is 1. The molecule has 4 aromatic rings. The van der Waals surface area contributed by atoms with Crippen LogP contribution in [0.25, 0.3) is 0 Å². The fourth-order valence-corrected chi connectivity index (χ4v) is 4.17. The van der Waals surface area contributed by atoms with E-state index in [1.165, 1.54) is 18.7 Å². The minimum Gasteiger partial charge on any atom is -0.497 e. The van der Waals surface area contributed by atoms with E-state index < -0.39 is 0 Å². The Kier molecular flexibility index (Phi) is 8.36. The minimum atomic E-state index is -0.181. The van der Waals surface area contributed by atoms with Gasteiger partial charge in [0.05, 0.1) is 19.4 Å². The van der Waals surface area contributed by atoms with Crippen LogP contribution in [0.1, 0.15) is 28.7 Å². The molecule has 0 aliphatic heterocycles. The molecule has 0 fully saturated rings. The van der Waals surface area contributed by atoms with E-state index in [-0.39, 0.29) is 24.1 Å².